The molecule has 2 aromatic rings. The van der Waals surface area contributed by atoms with Crippen molar-refractivity contribution in [1.29, 1.82) is 0 Å². The molecule has 0 aliphatic carbocycles. The molecule has 0 spiro atoms. The van der Waals surface area contributed by atoms with Gasteiger partial charge in [0.25, 0.3) is 0 Å². The lowest BCUT2D eigenvalue weighted by Crippen LogP contribution is -2.35. The molecule has 132 valence electrons. The highest BCUT2D eigenvalue weighted by Crippen LogP contribution is 2.34. The van der Waals surface area contributed by atoms with E-state index < -0.39 is 29.2 Å². The zero-order chi connectivity index (χ0) is 18.4. The lowest BCUT2D eigenvalue weighted by atomic mass is 10.1. The van der Waals surface area contributed by atoms with Gasteiger partial charge in [-0.05, 0) is 23.3 Å². The molecule has 2 amide bonds. The number of alkyl halides is 3. The summed E-state index contributed by atoms with van der Waals surface area (Å²) in [5, 5.41) is 4.34. The third-order valence-corrected chi connectivity index (χ3v) is 3.37. The highest BCUT2D eigenvalue weighted by Gasteiger charge is 2.33. The number of nitrogens with two attached hydrogens (primary N) is 1. The lowest BCUT2D eigenvalue weighted by Gasteiger charge is -2.13. The molecule has 8 heteroatoms. The van der Waals surface area contributed by atoms with Crippen molar-refractivity contribution in [3.63, 3.8) is 0 Å². The molecule has 0 fully saturated rings. The third-order valence-electron chi connectivity index (χ3n) is 3.37. The van der Waals surface area contributed by atoms with E-state index in [4.69, 9.17) is 5.73 Å². The van der Waals surface area contributed by atoms with Crippen LogP contribution < -0.4 is 16.4 Å². The zero-order valence-electron chi connectivity index (χ0n) is 13.1. The van der Waals surface area contributed by atoms with Gasteiger partial charge in [0.05, 0.1) is 11.3 Å². The minimum Gasteiger partial charge on any atom is -0.344 e. The molecular formula is C17H16F3N3O2. The highest BCUT2D eigenvalue weighted by molar-refractivity contribution is 6.39. The number of halogens is 3. The maximum Gasteiger partial charge on any atom is 0.418 e. The van der Waals surface area contributed by atoms with E-state index in [2.05, 4.69) is 5.32 Å². The van der Waals surface area contributed by atoms with Gasteiger partial charge in [0.2, 0.25) is 0 Å². The predicted molar refractivity (Wildman–Crippen MR) is 86.3 cm³/mol. The average molecular weight is 351 g/mol. The lowest BCUT2D eigenvalue weighted by molar-refractivity contribution is -0.138. The molecule has 0 saturated carbocycles. The van der Waals surface area contributed by atoms with Crippen LogP contribution in [-0.2, 0) is 28.9 Å². The van der Waals surface area contributed by atoms with Crippen LogP contribution in [0.25, 0.3) is 0 Å². The Kier molecular flexibility index (Phi) is 5.76. The fraction of sp³-hybridized carbons (Fsp3) is 0.176. The van der Waals surface area contributed by atoms with Crippen molar-refractivity contribution in [1.82, 2.24) is 5.32 Å². The van der Waals surface area contributed by atoms with Gasteiger partial charge in [-0.1, -0.05) is 36.4 Å². The van der Waals surface area contributed by atoms with Gasteiger partial charge >= 0.3 is 18.0 Å². The minimum atomic E-state index is -4.64. The number of hydrogen-bond acceptors (Lipinski definition) is 3. The van der Waals surface area contributed by atoms with Crippen molar-refractivity contribution in [2.75, 3.05) is 5.32 Å². The highest BCUT2D eigenvalue weighted by atomic mass is 19.4. The number of benzene rings is 2. The van der Waals surface area contributed by atoms with Crippen LogP contribution in [-0.4, -0.2) is 11.8 Å². The van der Waals surface area contributed by atoms with Gasteiger partial charge in [0, 0.05) is 13.1 Å². The molecule has 0 bridgehead atoms. The molecule has 0 unspecified atom stereocenters. The van der Waals surface area contributed by atoms with Crippen molar-refractivity contribution in [2.24, 2.45) is 5.73 Å². The molecule has 0 radical (unpaired) electrons. The van der Waals surface area contributed by atoms with Gasteiger partial charge in [0.1, 0.15) is 0 Å². The Labute approximate surface area is 142 Å². The normalized spacial score (nSPS) is 11.0. The van der Waals surface area contributed by atoms with Gasteiger partial charge < -0.3 is 16.4 Å². The van der Waals surface area contributed by atoms with Gasteiger partial charge in [0.15, 0.2) is 0 Å². The molecule has 2 rings (SSSR count). The largest absolute Gasteiger partial charge is 0.418 e. The standard InChI is InChI=1S/C17H16F3N3O2/c18-17(19,20)13-6-1-2-7-14(13)23-16(25)15(24)22-10-12-5-3-4-11(8-12)9-21/h1-8H,9-10,21H2,(H,22,24)(H,23,25). The Hall–Kier alpha value is -2.87. The van der Waals surface area contributed by atoms with Crippen LogP contribution in [0.4, 0.5) is 18.9 Å². The summed E-state index contributed by atoms with van der Waals surface area (Å²) in [6.07, 6.45) is -4.64. The second-order valence-corrected chi connectivity index (χ2v) is 5.20. The van der Waals surface area contributed by atoms with Gasteiger partial charge in [-0.2, -0.15) is 13.2 Å². The SMILES string of the molecule is NCc1cccc(CNC(=O)C(=O)Nc2ccccc2C(F)(F)F)c1. The summed E-state index contributed by atoms with van der Waals surface area (Å²) in [6.45, 7) is 0.386. The van der Waals surface area contributed by atoms with E-state index in [1.807, 2.05) is 11.4 Å². The fourth-order valence-corrected chi connectivity index (χ4v) is 2.15. The molecule has 0 aliphatic heterocycles. The first-order valence-electron chi connectivity index (χ1n) is 7.34. The van der Waals surface area contributed by atoms with E-state index in [0.717, 1.165) is 23.3 Å². The topological polar surface area (TPSA) is 84.2 Å². The summed E-state index contributed by atoms with van der Waals surface area (Å²) in [6, 6.07) is 11.5. The maximum absolute atomic E-state index is 12.9. The number of amides is 2. The number of carbonyl (C=O) groups is 2. The quantitative estimate of drug-likeness (QED) is 0.740. The summed E-state index contributed by atoms with van der Waals surface area (Å²) >= 11 is 0. The van der Waals surface area contributed by atoms with Gasteiger partial charge in [-0.3, -0.25) is 9.59 Å². The molecule has 4 N–H and O–H groups in total. The Morgan fingerprint density at radius 1 is 0.960 bits per heavy atom. The first kappa shape index (κ1) is 18.5. The summed E-state index contributed by atoms with van der Waals surface area (Å²) in [7, 11) is 0. The smallest absolute Gasteiger partial charge is 0.344 e. The molecule has 0 atom stereocenters. The van der Waals surface area contributed by atoms with Crippen LogP contribution in [0.3, 0.4) is 0 Å². The predicted octanol–water partition coefficient (Wildman–Crippen LogP) is 2.42. The zero-order valence-corrected chi connectivity index (χ0v) is 13.1. The van der Waals surface area contributed by atoms with Crippen LogP contribution in [0.15, 0.2) is 48.5 Å². The van der Waals surface area contributed by atoms with Crippen molar-refractivity contribution in [3.8, 4) is 0 Å². The molecule has 0 aliphatic rings. The maximum atomic E-state index is 12.9. The Morgan fingerprint density at radius 2 is 1.64 bits per heavy atom. The monoisotopic (exact) mass is 351 g/mol. The van der Waals surface area contributed by atoms with E-state index in [-0.39, 0.29) is 6.54 Å². The molecule has 5 nitrogen and oxygen atoms in total. The number of rotatable bonds is 4. The fourth-order valence-electron chi connectivity index (χ4n) is 2.15. The first-order valence-corrected chi connectivity index (χ1v) is 7.34. The number of nitrogens with one attached hydrogen (secondary N) is 2. The third kappa shape index (κ3) is 5.05. The second kappa shape index (κ2) is 7.80. The molecule has 0 heterocycles. The Balaban J connectivity index is 2.00. The number of para-hydroxylation sites is 1. The van der Waals surface area contributed by atoms with Crippen molar-refractivity contribution in [2.45, 2.75) is 19.3 Å². The molecule has 0 saturated heterocycles. The van der Waals surface area contributed by atoms with Crippen LogP contribution >= 0.6 is 0 Å². The van der Waals surface area contributed by atoms with E-state index in [1.54, 1.807) is 18.2 Å². The number of hydrogen-bond donors (Lipinski definition) is 3. The Bertz CT molecular complexity index is 776. The van der Waals surface area contributed by atoms with Crippen molar-refractivity contribution < 1.29 is 22.8 Å². The van der Waals surface area contributed by atoms with Crippen LogP contribution in [0.5, 0.6) is 0 Å². The van der Waals surface area contributed by atoms with E-state index >= 15 is 0 Å². The number of carbonyl (C=O) groups excluding carboxylic acids is 2. The van der Waals surface area contributed by atoms with Crippen LogP contribution in [0.1, 0.15) is 16.7 Å². The first-order chi connectivity index (χ1) is 11.8. The summed E-state index contributed by atoms with van der Waals surface area (Å²) < 4.78 is 38.6. The molecular weight excluding hydrogens is 335 g/mol. The van der Waals surface area contributed by atoms with E-state index in [9.17, 15) is 22.8 Å². The van der Waals surface area contributed by atoms with Crippen molar-refractivity contribution in [3.05, 3.63) is 65.2 Å². The van der Waals surface area contributed by atoms with E-state index in [1.165, 1.54) is 12.1 Å². The molecule has 0 aromatic heterocycles. The average Bonchev–Trinajstić information content (AvgIpc) is 2.59. The second-order valence-electron chi connectivity index (χ2n) is 5.20. The summed E-state index contributed by atoms with van der Waals surface area (Å²) in [4.78, 5) is 23.6. The minimum absolute atomic E-state index is 0.0566. The Morgan fingerprint density at radius 3 is 2.32 bits per heavy atom. The summed E-state index contributed by atoms with van der Waals surface area (Å²) in [5.74, 6) is -2.21. The molecule has 25 heavy (non-hydrogen) atoms. The summed E-state index contributed by atoms with van der Waals surface area (Å²) in [5.41, 5.74) is 5.60. The number of anilines is 1. The van der Waals surface area contributed by atoms with Crippen LogP contribution in [0.2, 0.25) is 0 Å². The van der Waals surface area contributed by atoms with Gasteiger partial charge in [-0.25, -0.2) is 0 Å². The van der Waals surface area contributed by atoms with Gasteiger partial charge in [-0.15, -0.1) is 0 Å². The van der Waals surface area contributed by atoms with E-state index in [0.29, 0.717) is 6.54 Å². The van der Waals surface area contributed by atoms with Crippen molar-refractivity contribution >= 4 is 17.5 Å². The molecule has 2 aromatic carbocycles. The van der Waals surface area contributed by atoms with Crippen LogP contribution in [0, 0.1) is 0 Å².